The number of carbonyl (C=O) groups excluding carboxylic acids is 2. The lowest BCUT2D eigenvalue weighted by Gasteiger charge is -2.23. The Morgan fingerprint density at radius 3 is 2.46 bits per heavy atom. The van der Waals surface area contributed by atoms with E-state index >= 15 is 0 Å². The van der Waals surface area contributed by atoms with E-state index in [0.717, 1.165) is 35.2 Å². The largest absolute Gasteiger partial charge is 0.479 e. The molecule has 2 N–H and O–H groups in total. The Morgan fingerprint density at radius 1 is 1.00 bits per heavy atom. The van der Waals surface area contributed by atoms with Crippen molar-refractivity contribution in [3.8, 4) is 16.9 Å². The molecule has 2 aliphatic heterocycles. The minimum absolute atomic E-state index is 0.120. The van der Waals surface area contributed by atoms with Gasteiger partial charge in [0.2, 0.25) is 5.91 Å². The third-order valence-corrected chi connectivity index (χ3v) is 5.21. The van der Waals surface area contributed by atoms with Crippen LogP contribution in [0.2, 0.25) is 0 Å². The van der Waals surface area contributed by atoms with Gasteiger partial charge < -0.3 is 15.4 Å². The van der Waals surface area contributed by atoms with E-state index in [2.05, 4.69) is 10.6 Å². The molecule has 2 heterocycles. The third-order valence-electron chi connectivity index (χ3n) is 5.21. The molecule has 1 saturated carbocycles. The summed E-state index contributed by atoms with van der Waals surface area (Å²) in [4.78, 5) is 23.9. The molecular formula is C19H16N2O3. The Morgan fingerprint density at radius 2 is 1.71 bits per heavy atom. The second-order valence-corrected chi connectivity index (χ2v) is 6.76. The molecular weight excluding hydrogens is 304 g/mol. The van der Waals surface area contributed by atoms with Gasteiger partial charge >= 0.3 is 0 Å². The molecule has 5 heteroatoms. The summed E-state index contributed by atoms with van der Waals surface area (Å²) < 4.78 is 5.59. The summed E-state index contributed by atoms with van der Waals surface area (Å²) in [5.41, 5.74) is 4.41. The summed E-state index contributed by atoms with van der Waals surface area (Å²) in [6.45, 7) is 1.73. The fourth-order valence-corrected chi connectivity index (χ4v) is 3.62. The Labute approximate surface area is 139 Å². The van der Waals surface area contributed by atoms with Gasteiger partial charge in [-0.25, -0.2) is 0 Å². The second-order valence-electron chi connectivity index (χ2n) is 6.76. The lowest BCUT2D eigenvalue weighted by Crippen LogP contribution is -2.34. The topological polar surface area (TPSA) is 67.4 Å². The number of hydrogen-bond acceptors (Lipinski definition) is 3. The zero-order chi connectivity index (χ0) is 16.5. The molecule has 5 nitrogen and oxygen atoms in total. The molecule has 120 valence electrons. The van der Waals surface area contributed by atoms with Crippen LogP contribution >= 0.6 is 0 Å². The van der Waals surface area contributed by atoms with Crippen molar-refractivity contribution in [3.63, 3.8) is 0 Å². The van der Waals surface area contributed by atoms with Crippen molar-refractivity contribution in [1.29, 1.82) is 0 Å². The van der Waals surface area contributed by atoms with Crippen LogP contribution in [0.5, 0.6) is 5.75 Å². The maximum Gasteiger partial charge on any atom is 0.265 e. The maximum absolute atomic E-state index is 12.1. The first-order valence-electron chi connectivity index (χ1n) is 8.15. The average Bonchev–Trinajstić information content (AvgIpc) is 3.32. The van der Waals surface area contributed by atoms with Crippen LogP contribution in [0.1, 0.15) is 25.3 Å². The van der Waals surface area contributed by atoms with Gasteiger partial charge in [-0.05, 0) is 54.7 Å². The number of amides is 2. The van der Waals surface area contributed by atoms with Crippen molar-refractivity contribution < 1.29 is 14.3 Å². The molecule has 1 spiro atoms. The third kappa shape index (κ3) is 1.75. The molecule has 2 aromatic carbocycles. The van der Waals surface area contributed by atoms with Crippen LogP contribution < -0.4 is 15.4 Å². The van der Waals surface area contributed by atoms with Gasteiger partial charge in [0.25, 0.3) is 5.91 Å². The SMILES string of the molecule is CC1Oc2ccc(-c3ccc4c(c3)NC(=O)C43CC3)cc2NC1=O. The molecule has 5 rings (SSSR count). The molecule has 1 atom stereocenters. The number of rotatable bonds is 1. The highest BCUT2D eigenvalue weighted by Gasteiger charge is 2.56. The van der Waals surface area contributed by atoms with Crippen LogP contribution in [0, 0.1) is 0 Å². The van der Waals surface area contributed by atoms with E-state index in [9.17, 15) is 9.59 Å². The molecule has 1 fully saturated rings. The van der Waals surface area contributed by atoms with Crippen LogP contribution in [-0.2, 0) is 15.0 Å². The molecule has 1 aliphatic carbocycles. The number of nitrogens with one attached hydrogen (secondary N) is 2. The van der Waals surface area contributed by atoms with Crippen LogP contribution in [-0.4, -0.2) is 17.9 Å². The van der Waals surface area contributed by atoms with Crippen LogP contribution in [0.3, 0.4) is 0 Å². The standard InChI is InChI=1S/C19H16N2O3/c1-10-17(22)20-15-9-12(3-5-16(15)24-10)11-2-4-13-14(8-11)21-18(23)19(13)6-7-19/h2-5,8-10H,6-7H2,1H3,(H,20,22)(H,21,23). The zero-order valence-electron chi connectivity index (χ0n) is 13.2. The maximum atomic E-state index is 12.1. The molecule has 0 aromatic heterocycles. The Hall–Kier alpha value is -2.82. The van der Waals surface area contributed by atoms with Gasteiger partial charge in [0.15, 0.2) is 6.10 Å². The van der Waals surface area contributed by atoms with Crippen LogP contribution in [0.4, 0.5) is 11.4 Å². The lowest BCUT2D eigenvalue weighted by molar-refractivity contribution is -0.122. The summed E-state index contributed by atoms with van der Waals surface area (Å²) in [6.07, 6.45) is 1.39. The second kappa shape index (κ2) is 4.38. The van der Waals surface area contributed by atoms with Gasteiger partial charge in [-0.15, -0.1) is 0 Å². The summed E-state index contributed by atoms with van der Waals surface area (Å²) in [5.74, 6) is 0.656. The van der Waals surface area contributed by atoms with Crippen molar-refractivity contribution in [2.75, 3.05) is 10.6 Å². The van der Waals surface area contributed by atoms with E-state index in [0.29, 0.717) is 11.4 Å². The van der Waals surface area contributed by atoms with E-state index in [4.69, 9.17) is 4.74 Å². The molecule has 0 radical (unpaired) electrons. The smallest absolute Gasteiger partial charge is 0.265 e. The fourth-order valence-electron chi connectivity index (χ4n) is 3.62. The van der Waals surface area contributed by atoms with E-state index in [1.54, 1.807) is 6.92 Å². The Kier molecular flexibility index (Phi) is 2.48. The van der Waals surface area contributed by atoms with Gasteiger partial charge in [-0.1, -0.05) is 18.2 Å². The van der Waals surface area contributed by atoms with E-state index in [-0.39, 0.29) is 17.2 Å². The lowest BCUT2D eigenvalue weighted by atomic mass is 9.95. The summed E-state index contributed by atoms with van der Waals surface area (Å²) in [6, 6.07) is 11.8. The number of anilines is 2. The van der Waals surface area contributed by atoms with Crippen LogP contribution in [0.15, 0.2) is 36.4 Å². The molecule has 24 heavy (non-hydrogen) atoms. The molecule has 1 unspecified atom stereocenters. The quantitative estimate of drug-likeness (QED) is 0.848. The molecule has 3 aliphatic rings. The number of carbonyl (C=O) groups is 2. The van der Waals surface area contributed by atoms with E-state index in [1.165, 1.54) is 0 Å². The minimum atomic E-state index is -0.478. The molecule has 2 aromatic rings. The monoisotopic (exact) mass is 320 g/mol. The molecule has 0 saturated heterocycles. The number of ether oxygens (including phenoxy) is 1. The van der Waals surface area contributed by atoms with Crippen LogP contribution in [0.25, 0.3) is 11.1 Å². The minimum Gasteiger partial charge on any atom is -0.479 e. The van der Waals surface area contributed by atoms with Crippen molar-refractivity contribution >= 4 is 23.2 Å². The highest BCUT2D eigenvalue weighted by Crippen LogP contribution is 2.55. The van der Waals surface area contributed by atoms with Gasteiger partial charge in [-0.2, -0.15) is 0 Å². The number of hydrogen-bond donors (Lipinski definition) is 2. The first-order chi connectivity index (χ1) is 11.6. The van der Waals surface area contributed by atoms with Crippen molar-refractivity contribution in [1.82, 2.24) is 0 Å². The number of benzene rings is 2. The summed E-state index contributed by atoms with van der Waals surface area (Å²) >= 11 is 0. The highest BCUT2D eigenvalue weighted by molar-refractivity contribution is 6.09. The van der Waals surface area contributed by atoms with Crippen molar-refractivity contribution in [3.05, 3.63) is 42.0 Å². The molecule has 2 amide bonds. The predicted octanol–water partition coefficient (Wildman–Crippen LogP) is 3.06. The fraction of sp³-hybridized carbons (Fsp3) is 0.263. The highest BCUT2D eigenvalue weighted by atomic mass is 16.5. The first kappa shape index (κ1) is 13.6. The van der Waals surface area contributed by atoms with Crippen molar-refractivity contribution in [2.45, 2.75) is 31.3 Å². The predicted molar refractivity (Wildman–Crippen MR) is 90.1 cm³/mol. The molecule has 0 bridgehead atoms. The zero-order valence-corrected chi connectivity index (χ0v) is 13.2. The van der Waals surface area contributed by atoms with E-state index < -0.39 is 6.10 Å². The number of fused-ring (bicyclic) bond motifs is 3. The normalized spacial score (nSPS) is 22.3. The summed E-state index contributed by atoms with van der Waals surface area (Å²) in [5, 5.41) is 5.87. The Bertz CT molecular complexity index is 915. The van der Waals surface area contributed by atoms with Gasteiger partial charge in [0.1, 0.15) is 5.75 Å². The van der Waals surface area contributed by atoms with Crippen molar-refractivity contribution in [2.24, 2.45) is 0 Å². The average molecular weight is 320 g/mol. The van der Waals surface area contributed by atoms with Gasteiger partial charge in [0, 0.05) is 5.69 Å². The first-order valence-corrected chi connectivity index (χ1v) is 8.15. The summed E-state index contributed by atoms with van der Waals surface area (Å²) in [7, 11) is 0. The van der Waals surface area contributed by atoms with Gasteiger partial charge in [0.05, 0.1) is 11.1 Å². The van der Waals surface area contributed by atoms with Gasteiger partial charge in [-0.3, -0.25) is 9.59 Å². The van der Waals surface area contributed by atoms with E-state index in [1.807, 2.05) is 36.4 Å². The Balaban J connectivity index is 1.54.